The predicted octanol–water partition coefficient (Wildman–Crippen LogP) is 3.66. The van der Waals surface area contributed by atoms with Gasteiger partial charge in [-0.15, -0.1) is 0 Å². The largest absolute Gasteiger partial charge is 0.495 e. The van der Waals surface area contributed by atoms with Crippen LogP contribution in [0.2, 0.25) is 0 Å². The van der Waals surface area contributed by atoms with Crippen LogP contribution in [0.25, 0.3) is 6.08 Å². The molecule has 0 unspecified atom stereocenters. The minimum absolute atomic E-state index is 0.0783. The Labute approximate surface area is 170 Å². The molecule has 0 spiro atoms. The van der Waals surface area contributed by atoms with E-state index in [0.717, 1.165) is 19.3 Å². The van der Waals surface area contributed by atoms with Gasteiger partial charge in [0.25, 0.3) is 0 Å². The van der Waals surface area contributed by atoms with Gasteiger partial charge in [0.15, 0.2) is 0 Å². The number of nitrogens with one attached hydrogen (secondary N) is 1. The van der Waals surface area contributed by atoms with E-state index in [4.69, 9.17) is 4.74 Å². The fourth-order valence-corrected chi connectivity index (χ4v) is 4.87. The quantitative estimate of drug-likeness (QED) is 0.727. The van der Waals surface area contributed by atoms with Crippen LogP contribution in [-0.4, -0.2) is 38.8 Å². The topological polar surface area (TPSA) is 75.7 Å². The number of hydrogen-bond donors (Lipinski definition) is 1. The number of carbonyl (C=O) groups excluding carboxylic acids is 1. The molecule has 0 atom stereocenters. The standard InChI is InChI=1S/C21H23FN2O4S/c1-28-19-10-8-16(9-11-21(25)23-18-7-5-6-17(22)15-18)14-20(19)29(26,27)24-12-3-2-4-13-24/h5-11,14-15H,2-4,12-13H2,1H3,(H,23,25). The molecule has 1 aliphatic heterocycles. The van der Waals surface area contributed by atoms with Crippen molar-refractivity contribution < 1.29 is 22.3 Å². The number of benzene rings is 2. The molecule has 154 valence electrons. The second kappa shape index (κ2) is 9.19. The second-order valence-electron chi connectivity index (χ2n) is 6.71. The molecule has 6 nitrogen and oxygen atoms in total. The fourth-order valence-electron chi connectivity index (χ4n) is 3.16. The fraction of sp³-hybridized carbons (Fsp3) is 0.286. The van der Waals surface area contributed by atoms with Crippen molar-refractivity contribution in [3.8, 4) is 5.75 Å². The van der Waals surface area contributed by atoms with Crippen LogP contribution >= 0.6 is 0 Å². The molecule has 0 aromatic heterocycles. The van der Waals surface area contributed by atoms with Crippen molar-refractivity contribution in [2.75, 3.05) is 25.5 Å². The van der Waals surface area contributed by atoms with E-state index in [1.807, 2.05) is 0 Å². The van der Waals surface area contributed by atoms with Gasteiger partial charge in [0.2, 0.25) is 15.9 Å². The van der Waals surface area contributed by atoms with Crippen LogP contribution in [0.15, 0.2) is 53.4 Å². The van der Waals surface area contributed by atoms with Crippen LogP contribution in [0.4, 0.5) is 10.1 Å². The molecular formula is C21H23FN2O4S. The highest BCUT2D eigenvalue weighted by Crippen LogP contribution is 2.30. The number of carbonyl (C=O) groups is 1. The third kappa shape index (κ3) is 5.21. The molecule has 2 aromatic rings. The van der Waals surface area contributed by atoms with E-state index in [1.165, 1.54) is 47.8 Å². The van der Waals surface area contributed by atoms with Gasteiger partial charge in [-0.25, -0.2) is 12.8 Å². The lowest BCUT2D eigenvalue weighted by atomic mass is 10.2. The third-order valence-electron chi connectivity index (χ3n) is 4.64. The van der Waals surface area contributed by atoms with Crippen molar-refractivity contribution >= 4 is 27.7 Å². The summed E-state index contributed by atoms with van der Waals surface area (Å²) < 4.78 is 46.0. The van der Waals surface area contributed by atoms with Crippen LogP contribution < -0.4 is 10.1 Å². The summed E-state index contributed by atoms with van der Waals surface area (Å²) >= 11 is 0. The normalized spacial score (nSPS) is 15.4. The average Bonchev–Trinajstić information content (AvgIpc) is 2.72. The predicted molar refractivity (Wildman–Crippen MR) is 110 cm³/mol. The van der Waals surface area contributed by atoms with E-state index in [2.05, 4.69) is 5.32 Å². The van der Waals surface area contributed by atoms with Crippen LogP contribution in [-0.2, 0) is 14.8 Å². The Morgan fingerprint density at radius 2 is 1.90 bits per heavy atom. The minimum Gasteiger partial charge on any atom is -0.495 e. The molecule has 1 fully saturated rings. The number of ether oxygens (including phenoxy) is 1. The Morgan fingerprint density at radius 1 is 1.14 bits per heavy atom. The Bertz CT molecular complexity index is 1020. The van der Waals surface area contributed by atoms with Crippen molar-refractivity contribution in [2.45, 2.75) is 24.2 Å². The zero-order valence-electron chi connectivity index (χ0n) is 16.1. The van der Waals surface area contributed by atoms with Gasteiger partial charge in [0, 0.05) is 24.9 Å². The van der Waals surface area contributed by atoms with Crippen molar-refractivity contribution in [3.63, 3.8) is 0 Å². The first-order chi connectivity index (χ1) is 13.9. The number of piperidine rings is 1. The lowest BCUT2D eigenvalue weighted by Crippen LogP contribution is -2.35. The Morgan fingerprint density at radius 3 is 2.59 bits per heavy atom. The van der Waals surface area contributed by atoms with E-state index in [9.17, 15) is 17.6 Å². The number of sulfonamides is 1. The van der Waals surface area contributed by atoms with Gasteiger partial charge in [-0.05, 0) is 54.8 Å². The van der Waals surface area contributed by atoms with Gasteiger partial charge < -0.3 is 10.1 Å². The van der Waals surface area contributed by atoms with Gasteiger partial charge in [-0.3, -0.25) is 4.79 Å². The minimum atomic E-state index is -3.69. The molecule has 8 heteroatoms. The van der Waals surface area contributed by atoms with Gasteiger partial charge in [-0.2, -0.15) is 4.31 Å². The summed E-state index contributed by atoms with van der Waals surface area (Å²) in [5.74, 6) is -0.640. The van der Waals surface area contributed by atoms with Crippen molar-refractivity contribution in [2.24, 2.45) is 0 Å². The molecule has 1 saturated heterocycles. The number of anilines is 1. The van der Waals surface area contributed by atoms with Crippen LogP contribution in [0.5, 0.6) is 5.75 Å². The van der Waals surface area contributed by atoms with Gasteiger partial charge in [0.1, 0.15) is 16.5 Å². The number of rotatable bonds is 6. The molecule has 0 bridgehead atoms. The first-order valence-electron chi connectivity index (χ1n) is 9.33. The average molecular weight is 418 g/mol. The lowest BCUT2D eigenvalue weighted by Gasteiger charge is -2.26. The monoisotopic (exact) mass is 418 g/mol. The summed E-state index contributed by atoms with van der Waals surface area (Å²) in [7, 11) is -2.26. The summed E-state index contributed by atoms with van der Waals surface area (Å²) in [4.78, 5) is 12.2. The summed E-state index contributed by atoms with van der Waals surface area (Å²) in [5.41, 5.74) is 0.874. The third-order valence-corrected chi connectivity index (χ3v) is 6.56. The highest BCUT2D eigenvalue weighted by atomic mass is 32.2. The summed E-state index contributed by atoms with van der Waals surface area (Å²) in [6.45, 7) is 0.975. The number of hydrogen-bond acceptors (Lipinski definition) is 4. The maximum Gasteiger partial charge on any atom is 0.248 e. The zero-order valence-corrected chi connectivity index (χ0v) is 16.9. The van der Waals surface area contributed by atoms with E-state index in [-0.39, 0.29) is 10.6 Å². The maximum absolute atomic E-state index is 13.2. The molecule has 2 aromatic carbocycles. The van der Waals surface area contributed by atoms with Crippen molar-refractivity contribution in [3.05, 3.63) is 59.9 Å². The van der Waals surface area contributed by atoms with Crippen LogP contribution in [0, 0.1) is 5.82 Å². The number of amides is 1. The molecule has 3 rings (SSSR count). The highest BCUT2D eigenvalue weighted by molar-refractivity contribution is 7.89. The molecule has 1 amide bonds. The summed E-state index contributed by atoms with van der Waals surface area (Å²) in [6.07, 6.45) is 5.46. The summed E-state index contributed by atoms with van der Waals surface area (Å²) in [6, 6.07) is 10.3. The summed E-state index contributed by atoms with van der Waals surface area (Å²) in [5, 5.41) is 2.56. The Hall–Kier alpha value is -2.71. The number of methoxy groups -OCH3 is 1. The zero-order chi connectivity index (χ0) is 20.9. The van der Waals surface area contributed by atoms with Crippen molar-refractivity contribution in [1.29, 1.82) is 0 Å². The lowest BCUT2D eigenvalue weighted by molar-refractivity contribution is -0.111. The second-order valence-corrected chi connectivity index (χ2v) is 8.61. The number of nitrogens with zero attached hydrogens (tertiary/aromatic N) is 1. The first kappa shape index (κ1) is 21.0. The SMILES string of the molecule is COc1ccc(C=CC(=O)Nc2cccc(F)c2)cc1S(=O)(=O)N1CCCCC1. The van der Waals surface area contributed by atoms with Crippen molar-refractivity contribution in [1.82, 2.24) is 4.31 Å². The number of halogens is 1. The van der Waals surface area contributed by atoms with Crippen LogP contribution in [0.1, 0.15) is 24.8 Å². The first-order valence-corrected chi connectivity index (χ1v) is 10.8. The molecule has 29 heavy (non-hydrogen) atoms. The van der Waals surface area contributed by atoms with E-state index >= 15 is 0 Å². The van der Waals surface area contributed by atoms with Crippen LogP contribution in [0.3, 0.4) is 0 Å². The molecule has 1 N–H and O–H groups in total. The molecule has 0 radical (unpaired) electrons. The van der Waals surface area contributed by atoms with E-state index in [0.29, 0.717) is 24.3 Å². The van der Waals surface area contributed by atoms with E-state index < -0.39 is 21.7 Å². The molecular weight excluding hydrogens is 395 g/mol. The molecule has 0 aliphatic carbocycles. The Balaban J connectivity index is 1.80. The molecule has 0 saturated carbocycles. The smallest absolute Gasteiger partial charge is 0.248 e. The van der Waals surface area contributed by atoms with Gasteiger partial charge in [-0.1, -0.05) is 18.6 Å². The highest BCUT2D eigenvalue weighted by Gasteiger charge is 2.28. The van der Waals surface area contributed by atoms with Gasteiger partial charge in [0.05, 0.1) is 7.11 Å². The van der Waals surface area contributed by atoms with Gasteiger partial charge >= 0.3 is 0 Å². The molecule has 1 heterocycles. The van der Waals surface area contributed by atoms with E-state index in [1.54, 1.807) is 18.2 Å². The maximum atomic E-state index is 13.2. The molecule has 1 aliphatic rings. The Kier molecular flexibility index (Phi) is 6.66.